The summed E-state index contributed by atoms with van der Waals surface area (Å²) >= 11 is 0. The van der Waals surface area contributed by atoms with Gasteiger partial charge in [-0.2, -0.15) is 0 Å². The number of aromatic nitrogens is 1. The van der Waals surface area contributed by atoms with E-state index in [2.05, 4.69) is 4.98 Å². The lowest BCUT2D eigenvalue weighted by atomic mass is 10.1. The molecule has 134 valence electrons. The van der Waals surface area contributed by atoms with Crippen molar-refractivity contribution >= 4 is 18.7 Å². The first kappa shape index (κ1) is 12.2. The van der Waals surface area contributed by atoms with E-state index in [1.54, 1.807) is 6.20 Å². The molecule has 1 atom stereocenters. The summed E-state index contributed by atoms with van der Waals surface area (Å²) in [6.45, 7) is -2.94. The fourth-order valence-electron chi connectivity index (χ4n) is 2.26. The highest BCUT2D eigenvalue weighted by molar-refractivity contribution is 7.47. The third kappa shape index (κ3) is 5.72. The SMILES string of the molecule is [2H]C([2H])([2H])[N+](CCc1c[nH]c2ccccc12)(COP(=O)(O)OC(C)(C)C)C([2H])([2H])[2H]. The van der Waals surface area contributed by atoms with Gasteiger partial charge in [0, 0.05) is 23.5 Å². The van der Waals surface area contributed by atoms with E-state index in [-0.39, 0.29) is 13.0 Å². The van der Waals surface area contributed by atoms with Gasteiger partial charge in [0.1, 0.15) is 0 Å². The first-order valence-electron chi connectivity index (χ1n) is 10.6. The van der Waals surface area contributed by atoms with Gasteiger partial charge in [-0.1, -0.05) is 18.2 Å². The van der Waals surface area contributed by atoms with Gasteiger partial charge in [0.05, 0.1) is 34.3 Å². The van der Waals surface area contributed by atoms with Gasteiger partial charge >= 0.3 is 7.82 Å². The molecule has 0 fully saturated rings. The molecule has 0 saturated heterocycles. The number of H-pyrrole nitrogens is 1. The molecule has 0 amide bonds. The maximum absolute atomic E-state index is 12.3. The fraction of sp³-hybridized carbons (Fsp3) is 0.529. The summed E-state index contributed by atoms with van der Waals surface area (Å²) in [5, 5.41) is 0.844. The zero-order valence-electron chi connectivity index (χ0n) is 20.1. The third-order valence-corrected chi connectivity index (χ3v) is 4.49. The van der Waals surface area contributed by atoms with Gasteiger partial charge in [-0.3, -0.25) is 4.52 Å². The van der Waals surface area contributed by atoms with E-state index in [0.717, 1.165) is 16.5 Å². The minimum absolute atomic E-state index is 0.0972. The Morgan fingerprint density at radius 1 is 1.33 bits per heavy atom. The lowest BCUT2D eigenvalue weighted by molar-refractivity contribution is -0.906. The van der Waals surface area contributed by atoms with Crippen LogP contribution in [0.25, 0.3) is 10.9 Å². The standard InChI is InChI=1S/C17H27N2O4P/c1-17(2,3)23-24(20,21)22-13-19(4,5)11-10-14-12-18-16-9-7-6-8-15(14)16/h6-9,12,18H,10-11,13H2,1-5H3/p+1/i4D3,5D3. The topological polar surface area (TPSA) is 71.6 Å². The molecule has 0 aliphatic heterocycles. The molecule has 1 aromatic heterocycles. The van der Waals surface area contributed by atoms with E-state index >= 15 is 0 Å². The maximum Gasteiger partial charge on any atom is 0.477 e. The Morgan fingerprint density at radius 2 is 2.04 bits per heavy atom. The predicted molar refractivity (Wildman–Crippen MR) is 95.6 cm³/mol. The van der Waals surface area contributed by atoms with Crippen LogP contribution in [0.1, 0.15) is 34.6 Å². The van der Waals surface area contributed by atoms with Crippen molar-refractivity contribution in [2.75, 3.05) is 27.2 Å². The molecule has 0 radical (unpaired) electrons. The number of nitrogens with zero attached hydrogens (tertiary/aromatic N) is 1. The number of quaternary nitrogens is 1. The van der Waals surface area contributed by atoms with Crippen LogP contribution in [-0.4, -0.2) is 47.2 Å². The molecule has 7 heteroatoms. The number of hydrogen-bond acceptors (Lipinski definition) is 3. The van der Waals surface area contributed by atoms with Crippen LogP contribution in [0.4, 0.5) is 0 Å². The zero-order chi connectivity index (χ0) is 23.0. The highest BCUT2D eigenvalue weighted by Gasteiger charge is 2.31. The molecule has 1 heterocycles. The second-order valence-electron chi connectivity index (χ2n) is 6.73. The van der Waals surface area contributed by atoms with E-state index in [1.807, 2.05) is 24.3 Å². The molecule has 2 N–H and O–H groups in total. The Labute approximate surface area is 152 Å². The lowest BCUT2D eigenvalue weighted by Crippen LogP contribution is -2.43. The number of nitrogens with one attached hydrogen (secondary N) is 1. The van der Waals surface area contributed by atoms with Crippen molar-refractivity contribution in [2.45, 2.75) is 32.8 Å². The number of phosphoric ester groups is 1. The van der Waals surface area contributed by atoms with E-state index in [1.165, 1.54) is 20.8 Å². The summed E-state index contributed by atoms with van der Waals surface area (Å²) < 4.78 is 68.1. The van der Waals surface area contributed by atoms with E-state index in [4.69, 9.17) is 17.3 Å². The molecule has 2 aromatic rings. The van der Waals surface area contributed by atoms with Gasteiger partial charge in [-0.25, -0.2) is 9.09 Å². The minimum Gasteiger partial charge on any atom is -0.361 e. The number of rotatable bonds is 7. The van der Waals surface area contributed by atoms with Crippen LogP contribution < -0.4 is 0 Å². The largest absolute Gasteiger partial charge is 0.477 e. The van der Waals surface area contributed by atoms with E-state index < -0.39 is 38.6 Å². The molecule has 6 nitrogen and oxygen atoms in total. The van der Waals surface area contributed by atoms with Crippen molar-refractivity contribution in [3.63, 3.8) is 0 Å². The van der Waals surface area contributed by atoms with Crippen LogP contribution in [0, 0.1) is 0 Å². The monoisotopic (exact) mass is 361 g/mol. The Balaban J connectivity index is 2.35. The van der Waals surface area contributed by atoms with E-state index in [0.29, 0.717) is 0 Å². The van der Waals surface area contributed by atoms with Crippen molar-refractivity contribution in [2.24, 2.45) is 0 Å². The second kappa shape index (κ2) is 6.98. The average molecular weight is 361 g/mol. The molecular weight excluding hydrogens is 327 g/mol. The van der Waals surface area contributed by atoms with Crippen LogP contribution in [0.2, 0.25) is 0 Å². The number of fused-ring (bicyclic) bond motifs is 1. The van der Waals surface area contributed by atoms with Crippen molar-refractivity contribution in [1.82, 2.24) is 4.98 Å². The Kier molecular flexibility index (Phi) is 3.56. The highest BCUT2D eigenvalue weighted by Crippen LogP contribution is 2.47. The summed E-state index contributed by atoms with van der Waals surface area (Å²) in [5.74, 6) is 0. The van der Waals surface area contributed by atoms with Crippen LogP contribution >= 0.6 is 7.82 Å². The Bertz CT molecular complexity index is 905. The van der Waals surface area contributed by atoms with Crippen LogP contribution in [0.5, 0.6) is 0 Å². The summed E-state index contributed by atoms with van der Waals surface area (Å²) in [7, 11) is -4.69. The van der Waals surface area contributed by atoms with Crippen LogP contribution in [0.15, 0.2) is 30.5 Å². The molecule has 2 rings (SSSR count). The predicted octanol–water partition coefficient (Wildman–Crippen LogP) is 3.68. The normalized spacial score (nSPS) is 20.3. The summed E-state index contributed by atoms with van der Waals surface area (Å²) in [6, 6.07) is 7.36. The number of aromatic amines is 1. The van der Waals surface area contributed by atoms with Crippen molar-refractivity contribution in [1.29, 1.82) is 0 Å². The van der Waals surface area contributed by atoms with Gasteiger partial charge in [-0.15, -0.1) is 0 Å². The van der Waals surface area contributed by atoms with Crippen LogP contribution in [0.3, 0.4) is 0 Å². The smallest absolute Gasteiger partial charge is 0.361 e. The zero-order valence-corrected chi connectivity index (χ0v) is 15.0. The third-order valence-electron chi connectivity index (χ3n) is 3.27. The van der Waals surface area contributed by atoms with Gasteiger partial charge in [0.25, 0.3) is 0 Å². The molecule has 0 aliphatic carbocycles. The number of benzene rings is 1. The quantitative estimate of drug-likeness (QED) is 0.448. The number of para-hydroxylation sites is 1. The summed E-state index contributed by atoms with van der Waals surface area (Å²) in [4.78, 5) is 13.0. The first-order valence-corrected chi connectivity index (χ1v) is 9.07. The average Bonchev–Trinajstić information content (AvgIpc) is 2.93. The second-order valence-corrected chi connectivity index (χ2v) is 8.11. The van der Waals surface area contributed by atoms with Gasteiger partial charge in [0.15, 0.2) is 6.73 Å². The number of likely N-dealkylation sites (N-methyl/N-ethyl adjacent to an activating group) is 1. The molecule has 1 unspecified atom stereocenters. The first-order chi connectivity index (χ1) is 13.5. The summed E-state index contributed by atoms with van der Waals surface area (Å²) in [6.07, 6.45) is 1.79. The molecule has 0 aliphatic rings. The van der Waals surface area contributed by atoms with E-state index in [9.17, 15) is 9.46 Å². The molecule has 24 heavy (non-hydrogen) atoms. The highest BCUT2D eigenvalue weighted by atomic mass is 31.2. The number of phosphoric acid groups is 1. The number of hydrogen-bond donors (Lipinski definition) is 2. The Hall–Kier alpha value is -1.17. The molecule has 1 aromatic carbocycles. The molecule has 0 bridgehead atoms. The van der Waals surface area contributed by atoms with Crippen molar-refractivity contribution in [3.05, 3.63) is 36.0 Å². The van der Waals surface area contributed by atoms with Gasteiger partial charge in [-0.05, 0) is 32.4 Å². The molecular formula is C17H28N2O4P+. The minimum atomic E-state index is -4.69. The molecule has 0 spiro atoms. The van der Waals surface area contributed by atoms with Crippen molar-refractivity contribution < 1.29 is 31.2 Å². The van der Waals surface area contributed by atoms with Gasteiger partial charge < -0.3 is 14.4 Å². The Morgan fingerprint density at radius 3 is 2.71 bits per heavy atom. The van der Waals surface area contributed by atoms with Crippen molar-refractivity contribution in [3.8, 4) is 0 Å². The van der Waals surface area contributed by atoms with Crippen LogP contribution in [-0.2, 0) is 20.0 Å². The summed E-state index contributed by atoms with van der Waals surface area (Å²) in [5.41, 5.74) is 0.520. The van der Waals surface area contributed by atoms with Gasteiger partial charge in [0.2, 0.25) is 0 Å². The maximum atomic E-state index is 12.3. The lowest BCUT2D eigenvalue weighted by Gasteiger charge is -2.31. The molecule has 0 saturated carbocycles. The fourth-order valence-corrected chi connectivity index (χ4v) is 3.35.